The molecule has 1 fully saturated rings. The van der Waals surface area contributed by atoms with Gasteiger partial charge in [-0.05, 0) is 24.6 Å². The van der Waals surface area contributed by atoms with Crippen molar-refractivity contribution in [1.82, 2.24) is 15.0 Å². The molecule has 1 aliphatic heterocycles. The standard InChI is InChI=1S/C16H19ClFN3O/c1-12-8-15(19-22-12)11-21-6-4-20(5-7-21)10-13-2-3-14(18)9-16(13)17/h2-3,8-9H,4-7,10-11H2,1H3. The fraction of sp³-hybridized carbons (Fsp3) is 0.438. The second-order valence-electron chi connectivity index (χ2n) is 5.72. The van der Waals surface area contributed by atoms with E-state index in [-0.39, 0.29) is 5.82 Å². The molecular formula is C16H19ClFN3O. The SMILES string of the molecule is Cc1cc(CN2CCN(Cc3ccc(F)cc3Cl)CC2)no1. The maximum absolute atomic E-state index is 13.1. The molecule has 0 N–H and O–H groups in total. The average molecular weight is 324 g/mol. The Balaban J connectivity index is 1.51. The molecule has 0 amide bonds. The number of piperazine rings is 1. The van der Waals surface area contributed by atoms with Gasteiger partial charge in [0.05, 0.1) is 5.69 Å². The van der Waals surface area contributed by atoms with Crippen molar-refractivity contribution in [3.8, 4) is 0 Å². The number of aromatic nitrogens is 1. The fourth-order valence-electron chi connectivity index (χ4n) is 2.72. The minimum Gasteiger partial charge on any atom is -0.361 e. The summed E-state index contributed by atoms with van der Waals surface area (Å²) in [4.78, 5) is 4.70. The van der Waals surface area contributed by atoms with E-state index in [0.717, 1.165) is 56.3 Å². The van der Waals surface area contributed by atoms with Crippen LogP contribution in [-0.2, 0) is 13.1 Å². The van der Waals surface area contributed by atoms with Crippen LogP contribution in [0.25, 0.3) is 0 Å². The lowest BCUT2D eigenvalue weighted by atomic mass is 10.2. The van der Waals surface area contributed by atoms with Crippen LogP contribution in [0.4, 0.5) is 4.39 Å². The Morgan fingerprint density at radius 2 is 1.82 bits per heavy atom. The predicted molar refractivity (Wildman–Crippen MR) is 83.2 cm³/mol. The molecule has 0 unspecified atom stereocenters. The van der Waals surface area contributed by atoms with Crippen molar-refractivity contribution in [3.05, 3.63) is 52.1 Å². The normalized spacial score (nSPS) is 17.0. The van der Waals surface area contributed by atoms with Gasteiger partial charge in [0, 0.05) is 50.4 Å². The van der Waals surface area contributed by atoms with E-state index in [1.54, 1.807) is 6.07 Å². The Bertz CT molecular complexity index is 638. The molecule has 0 radical (unpaired) electrons. The van der Waals surface area contributed by atoms with E-state index in [2.05, 4.69) is 15.0 Å². The van der Waals surface area contributed by atoms with Crippen molar-refractivity contribution in [2.45, 2.75) is 20.0 Å². The third-order valence-electron chi connectivity index (χ3n) is 3.94. The zero-order chi connectivity index (χ0) is 15.5. The minimum atomic E-state index is -0.290. The molecule has 3 rings (SSSR count). The van der Waals surface area contributed by atoms with E-state index in [1.165, 1.54) is 12.1 Å². The molecule has 0 bridgehead atoms. The van der Waals surface area contributed by atoms with Gasteiger partial charge in [-0.2, -0.15) is 0 Å². The van der Waals surface area contributed by atoms with Crippen molar-refractivity contribution in [2.75, 3.05) is 26.2 Å². The Kier molecular flexibility index (Phi) is 4.76. The average Bonchev–Trinajstić information content (AvgIpc) is 2.89. The Morgan fingerprint density at radius 3 is 2.41 bits per heavy atom. The number of nitrogens with zero attached hydrogens (tertiary/aromatic N) is 3. The summed E-state index contributed by atoms with van der Waals surface area (Å²) >= 11 is 6.09. The molecule has 0 spiro atoms. The highest BCUT2D eigenvalue weighted by Gasteiger charge is 2.19. The van der Waals surface area contributed by atoms with Gasteiger partial charge in [-0.15, -0.1) is 0 Å². The molecule has 2 heterocycles. The summed E-state index contributed by atoms with van der Waals surface area (Å²) in [5, 5.41) is 4.53. The zero-order valence-corrected chi connectivity index (χ0v) is 13.3. The minimum absolute atomic E-state index is 0.290. The summed E-state index contributed by atoms with van der Waals surface area (Å²) < 4.78 is 18.2. The molecule has 1 aromatic carbocycles. The van der Waals surface area contributed by atoms with Gasteiger partial charge in [-0.3, -0.25) is 9.80 Å². The van der Waals surface area contributed by atoms with Crippen molar-refractivity contribution >= 4 is 11.6 Å². The lowest BCUT2D eigenvalue weighted by Gasteiger charge is -2.34. The number of halogens is 2. The molecular weight excluding hydrogens is 305 g/mol. The first-order valence-corrected chi connectivity index (χ1v) is 7.79. The van der Waals surface area contributed by atoms with Crippen LogP contribution < -0.4 is 0 Å². The number of rotatable bonds is 4. The lowest BCUT2D eigenvalue weighted by Crippen LogP contribution is -2.45. The molecule has 4 nitrogen and oxygen atoms in total. The van der Waals surface area contributed by atoms with E-state index >= 15 is 0 Å². The number of aryl methyl sites for hydroxylation is 1. The molecule has 2 aromatic rings. The summed E-state index contributed by atoms with van der Waals surface area (Å²) in [5.74, 6) is 0.557. The van der Waals surface area contributed by atoms with E-state index in [4.69, 9.17) is 16.1 Å². The van der Waals surface area contributed by atoms with Gasteiger partial charge in [0.25, 0.3) is 0 Å². The van der Waals surface area contributed by atoms with Gasteiger partial charge in [0.1, 0.15) is 11.6 Å². The summed E-state index contributed by atoms with van der Waals surface area (Å²) in [6.45, 7) is 7.36. The topological polar surface area (TPSA) is 32.5 Å². The van der Waals surface area contributed by atoms with Gasteiger partial charge >= 0.3 is 0 Å². The second-order valence-corrected chi connectivity index (χ2v) is 6.12. The van der Waals surface area contributed by atoms with Crippen LogP contribution >= 0.6 is 11.6 Å². The van der Waals surface area contributed by atoms with Gasteiger partial charge in [-0.25, -0.2) is 4.39 Å². The third kappa shape index (κ3) is 3.85. The summed E-state index contributed by atoms with van der Waals surface area (Å²) in [7, 11) is 0. The van der Waals surface area contributed by atoms with E-state index in [9.17, 15) is 4.39 Å². The van der Waals surface area contributed by atoms with E-state index in [0.29, 0.717) is 5.02 Å². The first kappa shape index (κ1) is 15.5. The van der Waals surface area contributed by atoms with Crippen LogP contribution in [0, 0.1) is 12.7 Å². The predicted octanol–water partition coefficient (Wildman–Crippen LogP) is 3.09. The van der Waals surface area contributed by atoms with Crippen LogP contribution in [0.3, 0.4) is 0 Å². The molecule has 118 valence electrons. The smallest absolute Gasteiger partial charge is 0.133 e. The second kappa shape index (κ2) is 6.77. The van der Waals surface area contributed by atoms with Gasteiger partial charge in [0.15, 0.2) is 0 Å². The zero-order valence-electron chi connectivity index (χ0n) is 12.6. The van der Waals surface area contributed by atoms with Crippen LogP contribution in [-0.4, -0.2) is 41.1 Å². The van der Waals surface area contributed by atoms with Crippen LogP contribution in [0.15, 0.2) is 28.8 Å². The molecule has 0 atom stereocenters. The first-order chi connectivity index (χ1) is 10.6. The fourth-order valence-corrected chi connectivity index (χ4v) is 2.94. The summed E-state index contributed by atoms with van der Waals surface area (Å²) in [6, 6.07) is 6.58. The monoisotopic (exact) mass is 323 g/mol. The quantitative estimate of drug-likeness (QED) is 0.865. The number of hydrogen-bond acceptors (Lipinski definition) is 4. The Morgan fingerprint density at radius 1 is 1.14 bits per heavy atom. The molecule has 0 aliphatic carbocycles. The molecule has 1 aromatic heterocycles. The Hall–Kier alpha value is -1.43. The molecule has 1 saturated heterocycles. The summed E-state index contributed by atoms with van der Waals surface area (Å²) in [5.41, 5.74) is 1.95. The van der Waals surface area contributed by atoms with Crippen molar-refractivity contribution in [1.29, 1.82) is 0 Å². The summed E-state index contributed by atoms with van der Waals surface area (Å²) in [6.07, 6.45) is 0. The van der Waals surface area contributed by atoms with E-state index < -0.39 is 0 Å². The van der Waals surface area contributed by atoms with Crippen molar-refractivity contribution < 1.29 is 8.91 Å². The number of hydrogen-bond donors (Lipinski definition) is 0. The van der Waals surface area contributed by atoms with Crippen LogP contribution in [0.2, 0.25) is 5.02 Å². The van der Waals surface area contributed by atoms with Crippen molar-refractivity contribution in [3.63, 3.8) is 0 Å². The first-order valence-electron chi connectivity index (χ1n) is 7.41. The molecule has 6 heteroatoms. The maximum Gasteiger partial charge on any atom is 0.133 e. The van der Waals surface area contributed by atoms with Gasteiger partial charge < -0.3 is 4.52 Å². The highest BCUT2D eigenvalue weighted by molar-refractivity contribution is 6.31. The lowest BCUT2D eigenvalue weighted by molar-refractivity contribution is 0.120. The highest BCUT2D eigenvalue weighted by atomic mass is 35.5. The largest absolute Gasteiger partial charge is 0.361 e. The van der Waals surface area contributed by atoms with Gasteiger partial charge in [0.2, 0.25) is 0 Å². The Labute approximate surface area is 134 Å². The molecule has 22 heavy (non-hydrogen) atoms. The van der Waals surface area contributed by atoms with Gasteiger partial charge in [-0.1, -0.05) is 22.8 Å². The van der Waals surface area contributed by atoms with E-state index in [1.807, 2.05) is 13.0 Å². The van der Waals surface area contributed by atoms with Crippen molar-refractivity contribution in [2.24, 2.45) is 0 Å². The van der Waals surface area contributed by atoms with Crippen LogP contribution in [0.1, 0.15) is 17.0 Å². The van der Waals surface area contributed by atoms with Crippen LogP contribution in [0.5, 0.6) is 0 Å². The third-order valence-corrected chi connectivity index (χ3v) is 4.29. The molecule has 0 saturated carbocycles. The number of benzene rings is 1. The molecule has 1 aliphatic rings. The highest BCUT2D eigenvalue weighted by Crippen LogP contribution is 2.20. The maximum atomic E-state index is 13.1.